The van der Waals surface area contributed by atoms with Gasteiger partial charge in [-0.2, -0.15) is 0 Å². The fraction of sp³-hybridized carbons (Fsp3) is 0.550. The van der Waals surface area contributed by atoms with Crippen LogP contribution in [-0.2, 0) is 4.79 Å². The molecule has 0 amide bonds. The van der Waals surface area contributed by atoms with Crippen molar-refractivity contribution in [3.63, 3.8) is 0 Å². The number of rotatable bonds is 0. The van der Waals surface area contributed by atoms with Crippen LogP contribution in [0.4, 0.5) is 0 Å². The Morgan fingerprint density at radius 1 is 1.19 bits per heavy atom. The highest BCUT2D eigenvalue weighted by atomic mass is 16.1. The summed E-state index contributed by atoms with van der Waals surface area (Å²) < 4.78 is 0. The summed E-state index contributed by atoms with van der Waals surface area (Å²) in [7, 11) is 0. The van der Waals surface area contributed by atoms with Crippen LogP contribution in [0.2, 0.25) is 0 Å². The molecule has 1 fully saturated rings. The zero-order chi connectivity index (χ0) is 15.1. The van der Waals surface area contributed by atoms with E-state index >= 15 is 0 Å². The average molecular weight is 280 g/mol. The first-order chi connectivity index (χ1) is 9.82. The van der Waals surface area contributed by atoms with Gasteiger partial charge >= 0.3 is 0 Å². The zero-order valence-corrected chi connectivity index (χ0v) is 13.7. The fourth-order valence-corrected chi connectivity index (χ4v) is 5.06. The minimum absolute atomic E-state index is 0.0977. The summed E-state index contributed by atoms with van der Waals surface area (Å²) in [5.74, 6) is 2.10. The monoisotopic (exact) mass is 280 g/mol. The Hall–Kier alpha value is -1.37. The maximum absolute atomic E-state index is 12.5. The molecule has 0 spiro atoms. The molecule has 0 radical (unpaired) electrons. The summed E-state index contributed by atoms with van der Waals surface area (Å²) >= 11 is 0. The molecule has 0 N–H and O–H groups in total. The van der Waals surface area contributed by atoms with Crippen LogP contribution in [0, 0.1) is 29.1 Å². The van der Waals surface area contributed by atoms with Crippen LogP contribution in [0.5, 0.6) is 0 Å². The third-order valence-corrected chi connectivity index (χ3v) is 6.19. The van der Waals surface area contributed by atoms with Gasteiger partial charge in [0.15, 0.2) is 5.78 Å². The molecular formula is C20H24O. The normalized spacial score (nSPS) is 39.7. The Labute approximate surface area is 127 Å². The van der Waals surface area contributed by atoms with Crippen LogP contribution in [0.1, 0.15) is 41.0 Å². The predicted molar refractivity (Wildman–Crippen MR) is 85.7 cm³/mol. The molecule has 4 aliphatic carbocycles. The highest BCUT2D eigenvalue weighted by Gasteiger charge is 2.59. The molecular weight excluding hydrogens is 256 g/mol. The average Bonchev–Trinajstić information content (AvgIpc) is 2.88. The smallest absolute Gasteiger partial charge is 0.166 e. The third kappa shape index (κ3) is 1.61. The molecule has 1 nitrogen and oxygen atoms in total. The zero-order valence-electron chi connectivity index (χ0n) is 13.7. The van der Waals surface area contributed by atoms with Gasteiger partial charge in [0.2, 0.25) is 0 Å². The number of carbonyl (C=O) groups excluding carboxylic acids is 1. The van der Waals surface area contributed by atoms with Crippen LogP contribution in [0.3, 0.4) is 0 Å². The van der Waals surface area contributed by atoms with Crippen molar-refractivity contribution in [3.8, 4) is 0 Å². The van der Waals surface area contributed by atoms with Crippen molar-refractivity contribution in [1.29, 1.82) is 0 Å². The topological polar surface area (TPSA) is 17.1 Å². The summed E-state index contributed by atoms with van der Waals surface area (Å²) in [5, 5.41) is 0. The molecule has 4 rings (SSSR count). The quantitative estimate of drug-likeness (QED) is 0.591. The fourth-order valence-electron chi connectivity index (χ4n) is 5.06. The first-order valence-electron chi connectivity index (χ1n) is 8.18. The Kier molecular flexibility index (Phi) is 2.46. The molecule has 1 saturated carbocycles. The van der Waals surface area contributed by atoms with Crippen molar-refractivity contribution in [2.75, 3.05) is 0 Å². The maximum Gasteiger partial charge on any atom is 0.166 e. The number of carbonyl (C=O) groups is 1. The maximum atomic E-state index is 12.5. The van der Waals surface area contributed by atoms with Crippen LogP contribution < -0.4 is 0 Å². The van der Waals surface area contributed by atoms with E-state index in [2.05, 4.69) is 45.9 Å². The van der Waals surface area contributed by atoms with Crippen LogP contribution >= 0.6 is 0 Å². The third-order valence-electron chi connectivity index (χ3n) is 6.19. The lowest BCUT2D eigenvalue weighted by Crippen LogP contribution is -2.18. The van der Waals surface area contributed by atoms with E-state index in [-0.39, 0.29) is 5.92 Å². The van der Waals surface area contributed by atoms with Crippen LogP contribution in [0.25, 0.3) is 0 Å². The minimum atomic E-state index is 0.0977. The van der Waals surface area contributed by atoms with Gasteiger partial charge < -0.3 is 0 Å². The lowest BCUT2D eigenvalue weighted by Gasteiger charge is -2.26. The second-order valence-corrected chi connectivity index (χ2v) is 8.01. The van der Waals surface area contributed by atoms with E-state index in [0.29, 0.717) is 29.0 Å². The lowest BCUT2D eigenvalue weighted by atomic mass is 9.77. The molecule has 1 heteroatoms. The summed E-state index contributed by atoms with van der Waals surface area (Å²) in [5.41, 5.74) is 7.21. The lowest BCUT2D eigenvalue weighted by molar-refractivity contribution is -0.117. The Balaban J connectivity index is 1.93. The summed E-state index contributed by atoms with van der Waals surface area (Å²) in [6.45, 7) is 11.2. The van der Waals surface area contributed by atoms with Gasteiger partial charge in [0, 0.05) is 5.92 Å². The molecule has 0 aromatic heterocycles. The molecule has 1 unspecified atom stereocenters. The van der Waals surface area contributed by atoms with Crippen molar-refractivity contribution in [2.24, 2.45) is 29.1 Å². The minimum Gasteiger partial charge on any atom is -0.294 e. The largest absolute Gasteiger partial charge is 0.294 e. The molecule has 0 bridgehead atoms. The summed E-state index contributed by atoms with van der Waals surface area (Å²) in [6.07, 6.45) is 8.05. The van der Waals surface area contributed by atoms with Crippen molar-refractivity contribution in [1.82, 2.24) is 0 Å². The number of hydrogen-bond acceptors (Lipinski definition) is 1. The highest BCUT2D eigenvalue weighted by molar-refractivity contribution is 6.03. The Bertz CT molecular complexity index is 681. The van der Waals surface area contributed by atoms with Gasteiger partial charge in [-0.1, -0.05) is 55.7 Å². The molecule has 0 heterocycles. The SMILES string of the molecule is CC1=C[C@@H]2C(=C3C=C(C)C(=O)C3C1)[C@H](C)C=C1[C@H]2C1(C)C. The predicted octanol–water partition coefficient (Wildman–Crippen LogP) is 4.63. The number of ketones is 1. The van der Waals surface area contributed by atoms with Gasteiger partial charge in [-0.15, -0.1) is 0 Å². The van der Waals surface area contributed by atoms with E-state index in [9.17, 15) is 4.79 Å². The van der Waals surface area contributed by atoms with E-state index in [4.69, 9.17) is 0 Å². The molecule has 21 heavy (non-hydrogen) atoms. The molecule has 0 saturated heterocycles. The van der Waals surface area contributed by atoms with E-state index in [0.717, 1.165) is 12.0 Å². The Morgan fingerprint density at radius 3 is 2.62 bits per heavy atom. The first-order valence-corrected chi connectivity index (χ1v) is 8.18. The van der Waals surface area contributed by atoms with E-state index < -0.39 is 0 Å². The molecule has 110 valence electrons. The van der Waals surface area contributed by atoms with Gasteiger partial charge in [-0.05, 0) is 48.7 Å². The van der Waals surface area contributed by atoms with Crippen LogP contribution in [-0.4, -0.2) is 5.78 Å². The second kappa shape index (κ2) is 3.88. The molecule has 0 aromatic carbocycles. The summed E-state index contributed by atoms with van der Waals surface area (Å²) in [6, 6.07) is 0. The van der Waals surface area contributed by atoms with E-state index in [1.165, 1.54) is 16.7 Å². The highest BCUT2D eigenvalue weighted by Crippen LogP contribution is 2.67. The number of fused-ring (bicyclic) bond motifs is 4. The van der Waals surface area contributed by atoms with Gasteiger partial charge in [0.1, 0.15) is 0 Å². The van der Waals surface area contributed by atoms with Gasteiger partial charge in [-0.3, -0.25) is 4.79 Å². The van der Waals surface area contributed by atoms with Gasteiger partial charge in [-0.25, -0.2) is 0 Å². The molecule has 0 aromatic rings. The van der Waals surface area contributed by atoms with Crippen LogP contribution in [0.15, 0.2) is 46.1 Å². The standard InChI is InChI=1S/C20H24O/c1-10-6-14-13(8-12(3)19(14)21)17-11(2)9-16-18(15(17)7-10)20(16,4)5/h7-9,11,14-15,18H,6H2,1-5H3/t11-,14?,15-,18+/m1/s1. The number of hydrogen-bond donors (Lipinski definition) is 0. The molecule has 4 atom stereocenters. The number of Topliss-reactive ketones (excluding diaryl/α,β-unsaturated/α-hetero) is 1. The molecule has 4 aliphatic rings. The first kappa shape index (κ1) is 13.3. The summed E-state index contributed by atoms with van der Waals surface area (Å²) in [4.78, 5) is 12.5. The second-order valence-electron chi connectivity index (χ2n) is 8.01. The van der Waals surface area contributed by atoms with Crippen molar-refractivity contribution < 1.29 is 4.79 Å². The van der Waals surface area contributed by atoms with Crippen molar-refractivity contribution >= 4 is 5.78 Å². The van der Waals surface area contributed by atoms with Gasteiger partial charge in [0.05, 0.1) is 5.92 Å². The van der Waals surface area contributed by atoms with Crippen molar-refractivity contribution in [3.05, 3.63) is 46.1 Å². The number of allylic oxidation sites excluding steroid dienone is 8. The Morgan fingerprint density at radius 2 is 1.90 bits per heavy atom. The molecule has 0 aliphatic heterocycles. The van der Waals surface area contributed by atoms with E-state index in [1.807, 2.05) is 6.92 Å². The van der Waals surface area contributed by atoms with Gasteiger partial charge in [0.25, 0.3) is 0 Å². The van der Waals surface area contributed by atoms with Crippen molar-refractivity contribution in [2.45, 2.75) is 41.0 Å². The van der Waals surface area contributed by atoms with E-state index in [1.54, 1.807) is 5.57 Å².